The average Bonchev–Trinajstić information content (AvgIpc) is 2.53. The lowest BCUT2D eigenvalue weighted by molar-refractivity contribution is -0.137. The quantitative estimate of drug-likeness (QED) is 0.884. The number of rotatable bonds is 6. The summed E-state index contributed by atoms with van der Waals surface area (Å²) in [5, 5.41) is 9.05. The number of carboxylic acids is 1. The van der Waals surface area contributed by atoms with Crippen molar-refractivity contribution in [1.82, 2.24) is 9.88 Å². The Labute approximate surface area is 142 Å². The third kappa shape index (κ3) is 4.65. The van der Waals surface area contributed by atoms with Gasteiger partial charge in [-0.15, -0.1) is 0 Å². The van der Waals surface area contributed by atoms with Gasteiger partial charge in [-0.05, 0) is 24.5 Å². The Morgan fingerprint density at radius 1 is 1.17 bits per heavy atom. The van der Waals surface area contributed by atoms with Crippen molar-refractivity contribution in [3.63, 3.8) is 0 Å². The normalized spacial score (nSPS) is 10.7. The van der Waals surface area contributed by atoms with E-state index < -0.39 is 5.97 Å². The second-order valence-corrected chi connectivity index (χ2v) is 6.31. The van der Waals surface area contributed by atoms with E-state index in [9.17, 15) is 9.59 Å². The maximum absolute atomic E-state index is 12.7. The second-order valence-electron chi connectivity index (χ2n) is 6.31. The molecule has 2 aromatic rings. The van der Waals surface area contributed by atoms with Crippen LogP contribution >= 0.6 is 0 Å². The summed E-state index contributed by atoms with van der Waals surface area (Å²) >= 11 is 0. The number of amides is 1. The van der Waals surface area contributed by atoms with E-state index in [0.29, 0.717) is 12.1 Å². The number of pyridine rings is 1. The number of aliphatic carboxylic acids is 1. The molecular formula is C19H22N2O3. The van der Waals surface area contributed by atoms with Gasteiger partial charge in [-0.1, -0.05) is 43.7 Å². The van der Waals surface area contributed by atoms with E-state index in [-0.39, 0.29) is 18.4 Å². The summed E-state index contributed by atoms with van der Waals surface area (Å²) in [6, 6.07) is 9.70. The summed E-state index contributed by atoms with van der Waals surface area (Å²) in [6.45, 7) is 5.97. The lowest BCUT2D eigenvalue weighted by Crippen LogP contribution is -2.38. The number of carbonyl (C=O) groups excluding carboxylic acids is 1. The topological polar surface area (TPSA) is 70.5 Å². The number of hydrogen-bond acceptors (Lipinski definition) is 3. The predicted molar refractivity (Wildman–Crippen MR) is 92.8 cm³/mol. The first-order chi connectivity index (χ1) is 11.4. The van der Waals surface area contributed by atoms with Crippen LogP contribution in [-0.2, 0) is 4.79 Å². The number of aryl methyl sites for hydroxylation is 1. The maximum atomic E-state index is 12.7. The Hall–Kier alpha value is -2.69. The highest BCUT2D eigenvalue weighted by molar-refractivity contribution is 5.96. The van der Waals surface area contributed by atoms with Crippen LogP contribution in [0.4, 0.5) is 0 Å². The molecule has 0 saturated heterocycles. The van der Waals surface area contributed by atoms with Crippen LogP contribution in [0, 0.1) is 12.8 Å². The molecule has 0 radical (unpaired) electrons. The number of hydrogen-bond donors (Lipinski definition) is 1. The number of benzene rings is 1. The zero-order valence-electron chi connectivity index (χ0n) is 14.2. The molecule has 1 aromatic carbocycles. The predicted octanol–water partition coefficient (Wildman–Crippen LogP) is 3.24. The van der Waals surface area contributed by atoms with E-state index in [4.69, 9.17) is 5.11 Å². The van der Waals surface area contributed by atoms with Crippen LogP contribution in [0.3, 0.4) is 0 Å². The molecule has 126 valence electrons. The van der Waals surface area contributed by atoms with Crippen LogP contribution in [0.2, 0.25) is 0 Å². The number of nitrogens with zero attached hydrogens (tertiary/aromatic N) is 2. The van der Waals surface area contributed by atoms with Gasteiger partial charge in [0.25, 0.3) is 5.91 Å². The Morgan fingerprint density at radius 2 is 1.92 bits per heavy atom. The fraction of sp³-hybridized carbons (Fsp3) is 0.316. The molecule has 5 nitrogen and oxygen atoms in total. The van der Waals surface area contributed by atoms with Crippen LogP contribution in [0.5, 0.6) is 0 Å². The van der Waals surface area contributed by atoms with Gasteiger partial charge in [0, 0.05) is 24.5 Å². The smallest absolute Gasteiger partial charge is 0.323 e. The van der Waals surface area contributed by atoms with E-state index in [1.165, 1.54) is 11.1 Å². The Bertz CT molecular complexity index is 741. The van der Waals surface area contributed by atoms with Crippen molar-refractivity contribution in [3.05, 3.63) is 53.9 Å². The highest BCUT2D eigenvalue weighted by Gasteiger charge is 2.20. The summed E-state index contributed by atoms with van der Waals surface area (Å²) < 4.78 is 0. The van der Waals surface area contributed by atoms with Gasteiger partial charge in [0.2, 0.25) is 0 Å². The van der Waals surface area contributed by atoms with Crippen molar-refractivity contribution < 1.29 is 14.7 Å². The first-order valence-electron chi connectivity index (χ1n) is 7.90. The van der Waals surface area contributed by atoms with Crippen molar-refractivity contribution in [2.24, 2.45) is 5.92 Å². The molecule has 1 amide bonds. The van der Waals surface area contributed by atoms with E-state index >= 15 is 0 Å². The molecule has 0 fully saturated rings. The molecule has 2 rings (SSSR count). The molecule has 0 atom stereocenters. The Balaban J connectivity index is 2.31. The maximum Gasteiger partial charge on any atom is 0.323 e. The summed E-state index contributed by atoms with van der Waals surface area (Å²) in [4.78, 5) is 29.2. The standard InChI is InChI=1S/C19H22N2O3/c1-13(2)11-21(12-18(22)23)19(24)17-8-16(9-20-10-17)15-6-4-5-14(3)7-15/h4-10,13H,11-12H2,1-3H3,(H,22,23). The third-order valence-electron chi connectivity index (χ3n) is 3.54. The summed E-state index contributed by atoms with van der Waals surface area (Å²) in [6.07, 6.45) is 3.19. The van der Waals surface area contributed by atoms with Gasteiger partial charge in [-0.25, -0.2) is 0 Å². The van der Waals surface area contributed by atoms with Crippen LogP contribution in [0.15, 0.2) is 42.7 Å². The average molecular weight is 326 g/mol. The van der Waals surface area contributed by atoms with Crippen molar-refractivity contribution in [1.29, 1.82) is 0 Å². The van der Waals surface area contributed by atoms with Gasteiger partial charge in [0.05, 0.1) is 5.56 Å². The van der Waals surface area contributed by atoms with Crippen LogP contribution in [0.1, 0.15) is 29.8 Å². The van der Waals surface area contributed by atoms with E-state index in [0.717, 1.165) is 16.7 Å². The second kappa shape index (κ2) is 7.73. The van der Waals surface area contributed by atoms with E-state index in [1.807, 2.05) is 45.0 Å². The van der Waals surface area contributed by atoms with Gasteiger partial charge >= 0.3 is 5.97 Å². The number of carboxylic acid groups (broad SMARTS) is 1. The molecule has 1 N–H and O–H groups in total. The minimum absolute atomic E-state index is 0.182. The summed E-state index contributed by atoms with van der Waals surface area (Å²) in [5.41, 5.74) is 3.34. The number of carbonyl (C=O) groups is 2. The summed E-state index contributed by atoms with van der Waals surface area (Å²) in [7, 11) is 0. The van der Waals surface area contributed by atoms with E-state index in [2.05, 4.69) is 4.98 Å². The lowest BCUT2D eigenvalue weighted by atomic mass is 10.0. The van der Waals surface area contributed by atoms with Crippen LogP contribution in [0.25, 0.3) is 11.1 Å². The van der Waals surface area contributed by atoms with Crippen molar-refractivity contribution in [2.75, 3.05) is 13.1 Å². The first-order valence-corrected chi connectivity index (χ1v) is 7.90. The molecule has 0 bridgehead atoms. The molecule has 0 spiro atoms. The first kappa shape index (κ1) is 17.7. The lowest BCUT2D eigenvalue weighted by Gasteiger charge is -2.22. The fourth-order valence-corrected chi connectivity index (χ4v) is 2.55. The molecule has 24 heavy (non-hydrogen) atoms. The molecular weight excluding hydrogens is 304 g/mol. The largest absolute Gasteiger partial charge is 0.480 e. The monoisotopic (exact) mass is 326 g/mol. The van der Waals surface area contributed by atoms with E-state index in [1.54, 1.807) is 12.3 Å². The third-order valence-corrected chi connectivity index (χ3v) is 3.54. The molecule has 0 aliphatic carbocycles. The Kier molecular flexibility index (Phi) is 5.68. The van der Waals surface area contributed by atoms with Crippen molar-refractivity contribution >= 4 is 11.9 Å². The van der Waals surface area contributed by atoms with Gasteiger partial charge < -0.3 is 10.0 Å². The van der Waals surface area contributed by atoms with Crippen molar-refractivity contribution in [2.45, 2.75) is 20.8 Å². The van der Waals surface area contributed by atoms with Crippen LogP contribution < -0.4 is 0 Å². The molecule has 0 unspecified atom stereocenters. The van der Waals surface area contributed by atoms with Crippen molar-refractivity contribution in [3.8, 4) is 11.1 Å². The molecule has 5 heteroatoms. The Morgan fingerprint density at radius 3 is 2.54 bits per heavy atom. The zero-order chi connectivity index (χ0) is 17.7. The van der Waals surface area contributed by atoms with Crippen LogP contribution in [-0.4, -0.2) is 40.0 Å². The van der Waals surface area contributed by atoms with Gasteiger partial charge in [-0.2, -0.15) is 0 Å². The van der Waals surface area contributed by atoms with Gasteiger partial charge in [0.15, 0.2) is 0 Å². The van der Waals surface area contributed by atoms with Gasteiger partial charge in [-0.3, -0.25) is 14.6 Å². The molecule has 0 aliphatic rings. The highest BCUT2D eigenvalue weighted by Crippen LogP contribution is 2.21. The molecule has 0 saturated carbocycles. The zero-order valence-corrected chi connectivity index (χ0v) is 14.2. The van der Waals surface area contributed by atoms with Gasteiger partial charge in [0.1, 0.15) is 6.54 Å². The highest BCUT2D eigenvalue weighted by atomic mass is 16.4. The minimum atomic E-state index is -1.02. The number of aromatic nitrogens is 1. The molecule has 1 aromatic heterocycles. The SMILES string of the molecule is Cc1cccc(-c2cncc(C(=O)N(CC(=O)O)CC(C)C)c2)c1. The molecule has 0 aliphatic heterocycles. The minimum Gasteiger partial charge on any atom is -0.480 e. The summed E-state index contributed by atoms with van der Waals surface area (Å²) in [5.74, 6) is -1.15. The fourth-order valence-electron chi connectivity index (χ4n) is 2.55. The molecule has 1 heterocycles.